The maximum absolute atomic E-state index is 13.8. The lowest BCUT2D eigenvalue weighted by molar-refractivity contribution is -0.142. The molecule has 0 saturated heterocycles. The van der Waals surface area contributed by atoms with Crippen LogP contribution in [-0.4, -0.2) is 43.8 Å². The van der Waals surface area contributed by atoms with Crippen molar-refractivity contribution in [2.45, 2.75) is 75.7 Å². The van der Waals surface area contributed by atoms with Gasteiger partial charge in [0.1, 0.15) is 11.9 Å². The molecule has 1 N–H and O–H groups in total. The Morgan fingerprint density at radius 3 is 2.61 bits per heavy atom. The summed E-state index contributed by atoms with van der Waals surface area (Å²) in [4.78, 5) is 33.6. The van der Waals surface area contributed by atoms with Crippen molar-refractivity contribution in [3.63, 3.8) is 0 Å². The maximum Gasteiger partial charge on any atom is 0.247 e. The van der Waals surface area contributed by atoms with E-state index in [2.05, 4.69) is 17.1 Å². The largest absolute Gasteiger partial charge is 0.356 e. The second kappa shape index (κ2) is 11.5. The van der Waals surface area contributed by atoms with Crippen LogP contribution in [-0.2, 0) is 16.1 Å². The highest BCUT2D eigenvalue weighted by Crippen LogP contribution is 2.37. The van der Waals surface area contributed by atoms with Crippen LogP contribution >= 0.6 is 11.8 Å². The smallest absolute Gasteiger partial charge is 0.247 e. The quantitative estimate of drug-likeness (QED) is 0.383. The molecule has 3 aromatic rings. The second-order valence-corrected chi connectivity index (χ2v) is 11.4. The molecule has 5 rings (SSSR count). The maximum atomic E-state index is 13.8. The Morgan fingerprint density at radius 1 is 1.06 bits per heavy atom. The molecule has 36 heavy (non-hydrogen) atoms. The first-order chi connectivity index (χ1) is 17.6. The van der Waals surface area contributed by atoms with Crippen molar-refractivity contribution < 1.29 is 9.59 Å². The molecule has 1 aliphatic carbocycles. The molecule has 0 radical (unpaired) electrons. The first-order valence-corrected chi connectivity index (χ1v) is 14.4. The van der Waals surface area contributed by atoms with Crippen molar-refractivity contribution in [1.82, 2.24) is 19.8 Å². The van der Waals surface area contributed by atoms with Gasteiger partial charge < -0.3 is 14.8 Å². The number of fused-ring (bicyclic) bond motifs is 3. The molecule has 0 unspecified atom stereocenters. The minimum atomic E-state index is -0.594. The van der Waals surface area contributed by atoms with Crippen LogP contribution in [0.25, 0.3) is 11.0 Å². The molecule has 1 fully saturated rings. The molecule has 190 valence electrons. The Kier molecular flexibility index (Phi) is 7.95. The Bertz CT molecular complexity index is 1190. The topological polar surface area (TPSA) is 67.2 Å². The molecular formula is C29H36N4O2S. The molecular weight excluding hydrogens is 468 g/mol. The number of imidazole rings is 1. The second-order valence-electron chi connectivity index (χ2n) is 10.0. The zero-order valence-corrected chi connectivity index (χ0v) is 21.9. The molecule has 6 nitrogen and oxygen atoms in total. The van der Waals surface area contributed by atoms with Gasteiger partial charge in [0.05, 0.1) is 23.5 Å². The van der Waals surface area contributed by atoms with Crippen LogP contribution in [0.15, 0.2) is 54.6 Å². The third kappa shape index (κ3) is 5.46. The summed E-state index contributed by atoms with van der Waals surface area (Å²) in [6, 6.07) is 17.1. The molecule has 2 heterocycles. The van der Waals surface area contributed by atoms with Gasteiger partial charge in [-0.15, -0.1) is 0 Å². The van der Waals surface area contributed by atoms with E-state index in [4.69, 9.17) is 4.98 Å². The molecule has 7 heteroatoms. The first-order valence-electron chi connectivity index (χ1n) is 13.3. The monoisotopic (exact) mass is 504 g/mol. The van der Waals surface area contributed by atoms with Gasteiger partial charge in [0.25, 0.3) is 0 Å². The number of carbonyl (C=O) groups excluding carboxylic acids is 2. The van der Waals surface area contributed by atoms with Crippen molar-refractivity contribution >= 4 is 34.6 Å². The minimum Gasteiger partial charge on any atom is -0.356 e. The summed E-state index contributed by atoms with van der Waals surface area (Å²) >= 11 is 2.06. The van der Waals surface area contributed by atoms with Crippen LogP contribution in [0.1, 0.15) is 75.3 Å². The van der Waals surface area contributed by atoms with E-state index in [1.54, 1.807) is 0 Å². The van der Waals surface area contributed by atoms with E-state index in [0.29, 0.717) is 13.1 Å². The van der Waals surface area contributed by atoms with E-state index >= 15 is 0 Å². The van der Waals surface area contributed by atoms with Gasteiger partial charge in [0.15, 0.2) is 0 Å². The summed E-state index contributed by atoms with van der Waals surface area (Å²) in [7, 11) is 0. The number of hydrogen-bond acceptors (Lipinski definition) is 4. The van der Waals surface area contributed by atoms with Crippen LogP contribution < -0.4 is 5.32 Å². The Labute approximate surface area is 217 Å². The Hall–Kier alpha value is -2.80. The predicted octanol–water partition coefficient (Wildman–Crippen LogP) is 5.64. The average Bonchev–Trinajstić information content (AvgIpc) is 3.30. The first kappa shape index (κ1) is 24.9. The summed E-state index contributed by atoms with van der Waals surface area (Å²) in [5, 5.41) is 3.87. The van der Waals surface area contributed by atoms with E-state index < -0.39 is 6.04 Å². The van der Waals surface area contributed by atoms with Crippen LogP contribution in [0.2, 0.25) is 0 Å². The lowest BCUT2D eigenvalue weighted by Crippen LogP contribution is -2.46. The molecule has 2 amide bonds. The van der Waals surface area contributed by atoms with Crippen LogP contribution in [0.4, 0.5) is 0 Å². The molecule has 1 aromatic heterocycles. The number of amides is 2. The minimum absolute atomic E-state index is 0.0231. The number of para-hydroxylation sites is 2. The number of hydrogen-bond donors (Lipinski definition) is 1. The van der Waals surface area contributed by atoms with Crippen molar-refractivity contribution in [1.29, 1.82) is 0 Å². The molecule has 2 aliphatic rings. The zero-order valence-electron chi connectivity index (χ0n) is 21.1. The number of carbonyl (C=O) groups is 2. The van der Waals surface area contributed by atoms with Crippen molar-refractivity contribution in [2.75, 3.05) is 12.3 Å². The SMILES string of the molecule is C[C@H]1c2nc3ccccc3n2[C@@H](CC(=O)NCCCSC2CCCCC2)C(=O)N1Cc1ccccc1. The summed E-state index contributed by atoms with van der Waals surface area (Å²) in [5.41, 5.74) is 2.84. The zero-order chi connectivity index (χ0) is 24.9. The van der Waals surface area contributed by atoms with Crippen LogP contribution in [0.3, 0.4) is 0 Å². The summed E-state index contributed by atoms with van der Waals surface area (Å²) in [6.07, 6.45) is 7.84. The summed E-state index contributed by atoms with van der Waals surface area (Å²) in [5.74, 6) is 1.82. The lowest BCUT2D eigenvalue weighted by atomic mass is 10.0. The van der Waals surface area contributed by atoms with E-state index in [1.807, 2.05) is 71.0 Å². The average molecular weight is 505 g/mol. The van der Waals surface area contributed by atoms with E-state index in [-0.39, 0.29) is 24.3 Å². The molecule has 0 spiro atoms. The summed E-state index contributed by atoms with van der Waals surface area (Å²) in [6.45, 7) is 3.18. The fourth-order valence-electron chi connectivity index (χ4n) is 5.52. The van der Waals surface area contributed by atoms with Crippen LogP contribution in [0.5, 0.6) is 0 Å². The fraction of sp³-hybridized carbons (Fsp3) is 0.483. The number of rotatable bonds is 9. The molecule has 1 saturated carbocycles. The van der Waals surface area contributed by atoms with Crippen molar-refractivity contribution in [2.24, 2.45) is 0 Å². The van der Waals surface area contributed by atoms with E-state index in [9.17, 15) is 9.59 Å². The Balaban J connectivity index is 1.28. The highest BCUT2D eigenvalue weighted by molar-refractivity contribution is 7.99. The number of nitrogens with one attached hydrogen (secondary N) is 1. The van der Waals surface area contributed by atoms with E-state index in [1.165, 1.54) is 32.1 Å². The predicted molar refractivity (Wildman–Crippen MR) is 146 cm³/mol. The fourth-order valence-corrected chi connectivity index (χ4v) is 6.83. The van der Waals surface area contributed by atoms with Gasteiger partial charge in [0.2, 0.25) is 11.8 Å². The van der Waals surface area contributed by atoms with Crippen LogP contribution in [0, 0.1) is 0 Å². The van der Waals surface area contributed by atoms with Gasteiger partial charge in [-0.2, -0.15) is 11.8 Å². The van der Waals surface area contributed by atoms with Gasteiger partial charge in [-0.1, -0.05) is 61.7 Å². The third-order valence-electron chi connectivity index (χ3n) is 7.47. The number of aromatic nitrogens is 2. The van der Waals surface area contributed by atoms with Gasteiger partial charge in [-0.3, -0.25) is 9.59 Å². The molecule has 2 aromatic carbocycles. The highest BCUT2D eigenvalue weighted by Gasteiger charge is 2.40. The van der Waals surface area contributed by atoms with E-state index in [0.717, 1.165) is 39.8 Å². The standard InChI is InChI=1S/C29H36N4O2S/c1-21-28-31-24-15-8-9-16-25(24)33(28)26(29(35)32(21)20-22-11-4-2-5-12-22)19-27(34)30-17-10-18-36-23-13-6-3-7-14-23/h2,4-5,8-9,11-12,15-16,21,23,26H,3,6-7,10,13-14,17-20H2,1H3,(H,30,34)/t21-,26-/m0/s1. The van der Waals surface area contributed by atoms with Gasteiger partial charge >= 0.3 is 0 Å². The highest BCUT2D eigenvalue weighted by atomic mass is 32.2. The van der Waals surface area contributed by atoms with Crippen molar-refractivity contribution in [3.8, 4) is 0 Å². The number of nitrogens with zero attached hydrogens (tertiary/aromatic N) is 3. The normalized spacial score (nSPS) is 20.5. The molecule has 2 atom stereocenters. The Morgan fingerprint density at radius 2 is 1.81 bits per heavy atom. The van der Waals surface area contributed by atoms with Gasteiger partial charge in [0, 0.05) is 18.3 Å². The number of thioether (sulfide) groups is 1. The van der Waals surface area contributed by atoms with Gasteiger partial charge in [-0.25, -0.2) is 4.98 Å². The third-order valence-corrected chi connectivity index (χ3v) is 8.93. The lowest BCUT2D eigenvalue weighted by Gasteiger charge is -2.38. The van der Waals surface area contributed by atoms with Gasteiger partial charge in [-0.05, 0) is 49.6 Å². The molecule has 0 bridgehead atoms. The summed E-state index contributed by atoms with van der Waals surface area (Å²) < 4.78 is 2.00. The van der Waals surface area contributed by atoms with Crippen molar-refractivity contribution in [3.05, 3.63) is 66.0 Å². The number of benzene rings is 2. The molecule has 1 aliphatic heterocycles.